The monoisotopic (exact) mass is 267 g/mol. The highest BCUT2D eigenvalue weighted by molar-refractivity contribution is 5.80. The summed E-state index contributed by atoms with van der Waals surface area (Å²) in [5.74, 6) is 1.08. The lowest BCUT2D eigenvalue weighted by Gasteiger charge is -2.32. The van der Waals surface area contributed by atoms with Gasteiger partial charge in [0.1, 0.15) is 11.8 Å². The minimum Gasteiger partial charge on any atom is -0.444 e. The van der Waals surface area contributed by atoms with Crippen LogP contribution in [0.2, 0.25) is 0 Å². The number of primary amides is 1. The van der Waals surface area contributed by atoms with Crippen molar-refractivity contribution in [2.24, 2.45) is 5.73 Å². The average Bonchev–Trinajstić information content (AvgIpc) is 2.77. The summed E-state index contributed by atoms with van der Waals surface area (Å²) in [6.45, 7) is 8.27. The lowest BCUT2D eigenvalue weighted by atomic mass is 9.94. The van der Waals surface area contributed by atoms with Crippen molar-refractivity contribution in [2.45, 2.75) is 38.8 Å². The van der Waals surface area contributed by atoms with Gasteiger partial charge in [0.2, 0.25) is 11.8 Å². The first-order chi connectivity index (χ1) is 8.88. The summed E-state index contributed by atoms with van der Waals surface area (Å²) in [7, 11) is 0. The van der Waals surface area contributed by atoms with Crippen LogP contribution in [0.3, 0.4) is 0 Å². The van der Waals surface area contributed by atoms with E-state index in [1.165, 1.54) is 0 Å². The molecule has 2 rings (SSSR count). The summed E-state index contributed by atoms with van der Waals surface area (Å²) < 4.78 is 11.0. The Balaban J connectivity index is 2.07. The van der Waals surface area contributed by atoms with Crippen molar-refractivity contribution >= 4 is 5.91 Å². The van der Waals surface area contributed by atoms with Gasteiger partial charge < -0.3 is 14.9 Å². The van der Waals surface area contributed by atoms with Gasteiger partial charge in [-0.15, -0.1) is 0 Å². The Morgan fingerprint density at radius 3 is 2.89 bits per heavy atom. The molecule has 0 bridgehead atoms. The van der Waals surface area contributed by atoms with Gasteiger partial charge in [0, 0.05) is 12.0 Å². The number of aromatic nitrogens is 1. The summed E-state index contributed by atoms with van der Waals surface area (Å²) in [6.07, 6.45) is 1.75. The molecule has 1 saturated heterocycles. The number of morpholine rings is 1. The molecule has 0 spiro atoms. The van der Waals surface area contributed by atoms with Crippen LogP contribution >= 0.6 is 0 Å². The Kier molecular flexibility index (Phi) is 3.91. The summed E-state index contributed by atoms with van der Waals surface area (Å²) in [4.78, 5) is 17.6. The van der Waals surface area contributed by atoms with Crippen molar-refractivity contribution in [1.29, 1.82) is 0 Å². The molecule has 1 aromatic rings. The molecule has 0 saturated carbocycles. The van der Waals surface area contributed by atoms with E-state index in [-0.39, 0.29) is 11.3 Å². The molecular weight excluding hydrogens is 246 g/mol. The van der Waals surface area contributed by atoms with Gasteiger partial charge in [0.15, 0.2) is 0 Å². The summed E-state index contributed by atoms with van der Waals surface area (Å²) in [6, 6.07) is -0.404. The maximum atomic E-state index is 11.4. The second-order valence-electron chi connectivity index (χ2n) is 5.83. The number of rotatable bonds is 3. The first-order valence-corrected chi connectivity index (χ1v) is 6.44. The van der Waals surface area contributed by atoms with Crippen LogP contribution in [-0.2, 0) is 21.5 Å². The number of carbonyl (C=O) groups excluding carboxylic acids is 1. The Morgan fingerprint density at radius 2 is 2.32 bits per heavy atom. The minimum absolute atomic E-state index is 0.0701. The first kappa shape index (κ1) is 14.0. The summed E-state index contributed by atoms with van der Waals surface area (Å²) >= 11 is 0. The minimum atomic E-state index is -0.404. The number of carbonyl (C=O) groups is 1. The highest BCUT2D eigenvalue weighted by Gasteiger charge is 2.29. The SMILES string of the molecule is CC(C)(C)c1cnc(CN2CCOC[C@@H]2C(N)=O)o1. The molecule has 1 amide bonds. The van der Waals surface area contributed by atoms with E-state index in [0.717, 1.165) is 5.76 Å². The maximum absolute atomic E-state index is 11.4. The van der Waals surface area contributed by atoms with Crippen molar-refractivity contribution in [3.63, 3.8) is 0 Å². The van der Waals surface area contributed by atoms with Gasteiger partial charge in [-0.25, -0.2) is 4.98 Å². The highest BCUT2D eigenvalue weighted by Crippen LogP contribution is 2.23. The topological polar surface area (TPSA) is 81.6 Å². The van der Waals surface area contributed by atoms with Crippen molar-refractivity contribution in [3.05, 3.63) is 17.8 Å². The van der Waals surface area contributed by atoms with Crippen LogP contribution < -0.4 is 5.73 Å². The number of nitrogens with two attached hydrogens (primary N) is 1. The number of oxazole rings is 1. The van der Waals surface area contributed by atoms with E-state index in [1.807, 2.05) is 4.90 Å². The summed E-state index contributed by atoms with van der Waals surface area (Å²) in [5, 5.41) is 0. The van der Waals surface area contributed by atoms with Crippen molar-refractivity contribution in [1.82, 2.24) is 9.88 Å². The molecule has 2 N–H and O–H groups in total. The van der Waals surface area contributed by atoms with Crippen LogP contribution in [0.25, 0.3) is 0 Å². The average molecular weight is 267 g/mol. The van der Waals surface area contributed by atoms with Gasteiger partial charge in [-0.2, -0.15) is 0 Å². The van der Waals surface area contributed by atoms with Gasteiger partial charge in [-0.3, -0.25) is 9.69 Å². The van der Waals surface area contributed by atoms with Crippen LogP contribution in [0.1, 0.15) is 32.4 Å². The predicted molar refractivity (Wildman–Crippen MR) is 69.4 cm³/mol. The Bertz CT molecular complexity index is 450. The third-order valence-corrected chi connectivity index (χ3v) is 3.20. The maximum Gasteiger partial charge on any atom is 0.237 e. The van der Waals surface area contributed by atoms with Crippen molar-refractivity contribution in [2.75, 3.05) is 19.8 Å². The quantitative estimate of drug-likeness (QED) is 0.870. The molecule has 0 aromatic carbocycles. The molecule has 2 heterocycles. The normalized spacial score (nSPS) is 21.5. The Labute approximate surface area is 112 Å². The standard InChI is InChI=1S/C13H21N3O3/c1-13(2,3)10-6-15-11(19-10)7-16-4-5-18-8-9(16)12(14)17/h6,9H,4-5,7-8H2,1-3H3,(H2,14,17)/t9-/m1/s1. The fraction of sp³-hybridized carbons (Fsp3) is 0.692. The van der Waals surface area contributed by atoms with E-state index >= 15 is 0 Å². The van der Waals surface area contributed by atoms with E-state index < -0.39 is 6.04 Å². The van der Waals surface area contributed by atoms with E-state index in [9.17, 15) is 4.79 Å². The van der Waals surface area contributed by atoms with E-state index in [4.69, 9.17) is 14.9 Å². The molecule has 1 atom stereocenters. The van der Waals surface area contributed by atoms with Gasteiger partial charge in [-0.1, -0.05) is 20.8 Å². The molecule has 1 aliphatic heterocycles. The second kappa shape index (κ2) is 5.30. The number of hydrogen-bond acceptors (Lipinski definition) is 5. The zero-order chi connectivity index (χ0) is 14.0. The number of nitrogens with zero attached hydrogens (tertiary/aromatic N) is 2. The molecule has 6 nitrogen and oxygen atoms in total. The molecule has 106 valence electrons. The fourth-order valence-corrected chi connectivity index (χ4v) is 1.99. The molecule has 0 unspecified atom stereocenters. The van der Waals surface area contributed by atoms with E-state index in [2.05, 4.69) is 25.8 Å². The lowest BCUT2D eigenvalue weighted by Crippen LogP contribution is -2.51. The van der Waals surface area contributed by atoms with Crippen LogP contribution in [0.5, 0.6) is 0 Å². The third-order valence-electron chi connectivity index (χ3n) is 3.20. The molecule has 6 heteroatoms. The second-order valence-corrected chi connectivity index (χ2v) is 5.83. The molecule has 1 aliphatic rings. The zero-order valence-electron chi connectivity index (χ0n) is 11.7. The lowest BCUT2D eigenvalue weighted by molar-refractivity contribution is -0.129. The summed E-state index contributed by atoms with van der Waals surface area (Å²) in [5.41, 5.74) is 5.30. The van der Waals surface area contributed by atoms with Crippen molar-refractivity contribution < 1.29 is 13.9 Å². The zero-order valence-corrected chi connectivity index (χ0v) is 11.7. The van der Waals surface area contributed by atoms with Crippen LogP contribution in [-0.4, -0.2) is 41.6 Å². The van der Waals surface area contributed by atoms with Crippen LogP contribution in [0.15, 0.2) is 10.6 Å². The third kappa shape index (κ3) is 3.33. The molecular formula is C13H21N3O3. The van der Waals surface area contributed by atoms with Gasteiger partial charge >= 0.3 is 0 Å². The molecule has 19 heavy (non-hydrogen) atoms. The Morgan fingerprint density at radius 1 is 1.58 bits per heavy atom. The predicted octanol–water partition coefficient (Wildman–Crippen LogP) is 0.658. The number of ether oxygens (including phenoxy) is 1. The molecule has 0 radical (unpaired) electrons. The first-order valence-electron chi connectivity index (χ1n) is 6.44. The largest absolute Gasteiger partial charge is 0.444 e. The smallest absolute Gasteiger partial charge is 0.237 e. The molecule has 0 aliphatic carbocycles. The highest BCUT2D eigenvalue weighted by atomic mass is 16.5. The van der Waals surface area contributed by atoms with Crippen molar-refractivity contribution in [3.8, 4) is 0 Å². The van der Waals surface area contributed by atoms with Crippen LogP contribution in [0.4, 0.5) is 0 Å². The van der Waals surface area contributed by atoms with Gasteiger partial charge in [-0.05, 0) is 0 Å². The molecule has 1 fully saturated rings. The van der Waals surface area contributed by atoms with Gasteiger partial charge in [0.05, 0.1) is 26.0 Å². The Hall–Kier alpha value is -1.40. The van der Waals surface area contributed by atoms with Gasteiger partial charge in [0.25, 0.3) is 0 Å². The van der Waals surface area contributed by atoms with Crippen LogP contribution in [0, 0.1) is 0 Å². The number of amides is 1. The van der Waals surface area contributed by atoms with E-state index in [1.54, 1.807) is 6.20 Å². The fourth-order valence-electron chi connectivity index (χ4n) is 1.99. The number of hydrogen-bond donors (Lipinski definition) is 1. The molecule has 1 aromatic heterocycles. The van der Waals surface area contributed by atoms with E-state index in [0.29, 0.717) is 32.2 Å².